The Bertz CT molecular complexity index is 775. The smallest absolute Gasteiger partial charge is 0.139 e. The van der Waals surface area contributed by atoms with E-state index in [4.69, 9.17) is 26.8 Å². The van der Waals surface area contributed by atoms with E-state index in [2.05, 4.69) is 4.98 Å². The molecule has 2 N–H and O–H groups in total. The molecule has 0 fully saturated rings. The molecule has 108 valence electrons. The fourth-order valence-electron chi connectivity index (χ4n) is 2.17. The normalized spacial score (nSPS) is 10.8. The highest BCUT2D eigenvalue weighted by molar-refractivity contribution is 6.33. The van der Waals surface area contributed by atoms with Gasteiger partial charge in [-0.25, -0.2) is 4.98 Å². The van der Waals surface area contributed by atoms with Gasteiger partial charge in [-0.1, -0.05) is 11.6 Å². The molecule has 2 aromatic heterocycles. The van der Waals surface area contributed by atoms with Gasteiger partial charge in [0.05, 0.1) is 30.6 Å². The first-order chi connectivity index (χ1) is 10.1. The Morgan fingerprint density at radius 1 is 1.14 bits per heavy atom. The third-order valence-corrected chi connectivity index (χ3v) is 3.58. The van der Waals surface area contributed by atoms with E-state index in [-0.39, 0.29) is 0 Å². The van der Waals surface area contributed by atoms with E-state index < -0.39 is 0 Å². The van der Waals surface area contributed by atoms with Gasteiger partial charge in [-0.2, -0.15) is 0 Å². The number of rotatable bonds is 3. The minimum absolute atomic E-state index is 0.484. The number of hydrogen-bond donors (Lipinski definition) is 1. The lowest BCUT2D eigenvalue weighted by Gasteiger charge is -2.08. The molecule has 6 heteroatoms. The van der Waals surface area contributed by atoms with Gasteiger partial charge in [0.15, 0.2) is 0 Å². The molecular formula is C15H14ClN3O2. The maximum absolute atomic E-state index is 6.03. The molecule has 3 rings (SSSR count). The van der Waals surface area contributed by atoms with E-state index in [1.54, 1.807) is 26.5 Å². The molecule has 0 aliphatic heterocycles. The standard InChI is InChI=1S/C15H14ClN3O2/c1-20-9-3-4-14(21-2)10(5-9)13-8-19-7-12(17)11(16)6-15(19)18-13/h3-8H,17H2,1-2H3. The molecule has 0 aliphatic rings. The summed E-state index contributed by atoms with van der Waals surface area (Å²) in [5.41, 5.74) is 8.63. The Kier molecular flexibility index (Phi) is 3.35. The average molecular weight is 304 g/mol. The van der Waals surface area contributed by atoms with Crippen molar-refractivity contribution in [3.8, 4) is 22.8 Å². The van der Waals surface area contributed by atoms with Gasteiger partial charge in [0.1, 0.15) is 17.1 Å². The van der Waals surface area contributed by atoms with Crippen LogP contribution in [0.2, 0.25) is 5.02 Å². The maximum atomic E-state index is 6.03. The first kappa shape index (κ1) is 13.6. The predicted octanol–water partition coefficient (Wildman–Crippen LogP) is 3.25. The zero-order chi connectivity index (χ0) is 15.0. The number of ether oxygens (including phenoxy) is 2. The predicted molar refractivity (Wildman–Crippen MR) is 83.2 cm³/mol. The Morgan fingerprint density at radius 3 is 2.67 bits per heavy atom. The Hall–Kier alpha value is -2.40. The lowest BCUT2D eigenvalue weighted by atomic mass is 10.1. The number of halogens is 1. The van der Waals surface area contributed by atoms with Crippen LogP contribution in [0, 0.1) is 0 Å². The van der Waals surface area contributed by atoms with Crippen molar-refractivity contribution in [2.75, 3.05) is 20.0 Å². The molecule has 2 heterocycles. The van der Waals surface area contributed by atoms with Gasteiger partial charge in [0.2, 0.25) is 0 Å². The van der Waals surface area contributed by atoms with Gasteiger partial charge in [-0.3, -0.25) is 0 Å². The minimum atomic E-state index is 0.484. The summed E-state index contributed by atoms with van der Waals surface area (Å²) in [5.74, 6) is 1.46. The highest BCUT2D eigenvalue weighted by Crippen LogP contribution is 2.33. The molecule has 21 heavy (non-hydrogen) atoms. The summed E-state index contributed by atoms with van der Waals surface area (Å²) in [7, 11) is 3.24. The summed E-state index contributed by atoms with van der Waals surface area (Å²) in [6.45, 7) is 0. The van der Waals surface area contributed by atoms with Crippen LogP contribution in [0.3, 0.4) is 0 Å². The number of imidazole rings is 1. The number of methoxy groups -OCH3 is 2. The van der Waals surface area contributed by atoms with Crippen molar-refractivity contribution in [3.05, 3.63) is 41.7 Å². The molecule has 0 radical (unpaired) electrons. The van der Waals surface area contributed by atoms with Crippen LogP contribution in [-0.2, 0) is 0 Å². The molecule has 3 aromatic rings. The van der Waals surface area contributed by atoms with Crippen molar-refractivity contribution in [3.63, 3.8) is 0 Å². The van der Waals surface area contributed by atoms with Crippen molar-refractivity contribution in [2.24, 2.45) is 0 Å². The molecule has 0 unspecified atom stereocenters. The molecule has 1 aromatic carbocycles. The Morgan fingerprint density at radius 2 is 1.95 bits per heavy atom. The Labute approximate surface area is 126 Å². The molecule has 0 amide bonds. The lowest BCUT2D eigenvalue weighted by molar-refractivity contribution is 0.404. The maximum Gasteiger partial charge on any atom is 0.139 e. The Balaban J connectivity index is 2.20. The molecule has 5 nitrogen and oxygen atoms in total. The van der Waals surface area contributed by atoms with Gasteiger partial charge in [0, 0.05) is 24.0 Å². The van der Waals surface area contributed by atoms with Crippen LogP contribution in [0.1, 0.15) is 0 Å². The first-order valence-electron chi connectivity index (χ1n) is 6.28. The zero-order valence-corrected chi connectivity index (χ0v) is 12.4. The van der Waals surface area contributed by atoms with E-state index in [1.165, 1.54) is 0 Å². The van der Waals surface area contributed by atoms with Crippen molar-refractivity contribution in [2.45, 2.75) is 0 Å². The SMILES string of the molecule is COc1ccc(OC)c(-c2cn3cc(N)c(Cl)cc3n2)c1. The van der Waals surface area contributed by atoms with Gasteiger partial charge in [-0.05, 0) is 18.2 Å². The number of fused-ring (bicyclic) bond motifs is 1. The molecule has 0 atom stereocenters. The highest BCUT2D eigenvalue weighted by atomic mass is 35.5. The average Bonchev–Trinajstić information content (AvgIpc) is 2.89. The van der Waals surface area contributed by atoms with Crippen LogP contribution < -0.4 is 15.2 Å². The largest absolute Gasteiger partial charge is 0.497 e. The number of aromatic nitrogens is 2. The number of hydrogen-bond acceptors (Lipinski definition) is 4. The summed E-state index contributed by atoms with van der Waals surface area (Å²) in [6, 6.07) is 7.30. The van der Waals surface area contributed by atoms with Gasteiger partial charge in [-0.15, -0.1) is 0 Å². The molecule has 0 saturated carbocycles. The van der Waals surface area contributed by atoms with E-state index in [0.29, 0.717) is 16.4 Å². The van der Waals surface area contributed by atoms with Crippen molar-refractivity contribution in [1.82, 2.24) is 9.38 Å². The summed E-state index contributed by atoms with van der Waals surface area (Å²) in [4.78, 5) is 4.56. The topological polar surface area (TPSA) is 61.8 Å². The summed E-state index contributed by atoms with van der Waals surface area (Å²) >= 11 is 6.03. The van der Waals surface area contributed by atoms with E-state index >= 15 is 0 Å². The second kappa shape index (κ2) is 5.18. The van der Waals surface area contributed by atoms with Gasteiger partial charge in [0.25, 0.3) is 0 Å². The van der Waals surface area contributed by atoms with Gasteiger partial charge < -0.3 is 19.6 Å². The molecule has 0 bridgehead atoms. The van der Waals surface area contributed by atoms with Crippen LogP contribution in [-0.4, -0.2) is 23.6 Å². The van der Waals surface area contributed by atoms with Crippen LogP contribution in [0.15, 0.2) is 36.7 Å². The van der Waals surface area contributed by atoms with Crippen LogP contribution >= 0.6 is 11.6 Å². The fourth-order valence-corrected chi connectivity index (χ4v) is 2.32. The zero-order valence-electron chi connectivity index (χ0n) is 11.6. The van der Waals surface area contributed by atoms with Gasteiger partial charge >= 0.3 is 0 Å². The number of nitrogens with zero attached hydrogens (tertiary/aromatic N) is 2. The summed E-state index contributed by atoms with van der Waals surface area (Å²) in [5, 5.41) is 0.484. The number of nitrogen functional groups attached to an aromatic ring is 1. The third kappa shape index (κ3) is 2.36. The first-order valence-corrected chi connectivity index (χ1v) is 6.66. The van der Waals surface area contributed by atoms with Crippen molar-refractivity contribution >= 4 is 22.9 Å². The number of anilines is 1. The van der Waals surface area contributed by atoms with E-state index in [0.717, 1.165) is 22.8 Å². The van der Waals surface area contributed by atoms with Crippen LogP contribution in [0.5, 0.6) is 11.5 Å². The number of benzene rings is 1. The number of nitrogens with two attached hydrogens (primary N) is 1. The monoisotopic (exact) mass is 303 g/mol. The minimum Gasteiger partial charge on any atom is -0.497 e. The molecule has 0 aliphatic carbocycles. The van der Waals surface area contributed by atoms with Crippen molar-refractivity contribution < 1.29 is 9.47 Å². The lowest BCUT2D eigenvalue weighted by Crippen LogP contribution is -1.90. The molecule has 0 spiro atoms. The second-order valence-electron chi connectivity index (χ2n) is 4.53. The van der Waals surface area contributed by atoms with E-state index in [9.17, 15) is 0 Å². The molecular weight excluding hydrogens is 290 g/mol. The van der Waals surface area contributed by atoms with E-state index in [1.807, 2.05) is 28.8 Å². The highest BCUT2D eigenvalue weighted by Gasteiger charge is 2.12. The second-order valence-corrected chi connectivity index (χ2v) is 4.94. The van der Waals surface area contributed by atoms with Crippen molar-refractivity contribution in [1.29, 1.82) is 0 Å². The van der Waals surface area contributed by atoms with Crippen LogP contribution in [0.4, 0.5) is 5.69 Å². The quantitative estimate of drug-likeness (QED) is 0.807. The molecule has 0 saturated heterocycles. The fraction of sp³-hybridized carbons (Fsp3) is 0.133. The van der Waals surface area contributed by atoms with Crippen LogP contribution in [0.25, 0.3) is 16.9 Å². The summed E-state index contributed by atoms with van der Waals surface area (Å²) in [6.07, 6.45) is 3.61. The number of pyridine rings is 1. The third-order valence-electron chi connectivity index (χ3n) is 3.25. The summed E-state index contributed by atoms with van der Waals surface area (Å²) < 4.78 is 12.5.